The molecule has 0 unspecified atom stereocenters. The van der Waals surface area contributed by atoms with Crippen LogP contribution in [0.1, 0.15) is 11.1 Å². The van der Waals surface area contributed by atoms with Crippen LogP contribution in [0.25, 0.3) is 21.7 Å². The number of carbonyl (C=O) groups excluding carboxylic acids is 1. The van der Waals surface area contributed by atoms with Crippen molar-refractivity contribution in [2.45, 2.75) is 13.3 Å². The zero-order chi connectivity index (χ0) is 19.3. The van der Waals surface area contributed by atoms with E-state index >= 15 is 0 Å². The van der Waals surface area contributed by atoms with Crippen LogP contribution in [0.2, 0.25) is 0 Å². The van der Waals surface area contributed by atoms with Crippen LogP contribution in [0.15, 0.2) is 78.4 Å². The Kier molecular flexibility index (Phi) is 5.26. The van der Waals surface area contributed by atoms with Crippen molar-refractivity contribution in [1.82, 2.24) is 9.97 Å². The lowest BCUT2D eigenvalue weighted by Crippen LogP contribution is -2.15. The minimum absolute atomic E-state index is 0.0842. The summed E-state index contributed by atoms with van der Waals surface area (Å²) in [5, 5.41) is 2.90. The molecule has 0 radical (unpaired) electrons. The molecule has 2 aromatic carbocycles. The second kappa shape index (κ2) is 8.15. The van der Waals surface area contributed by atoms with Crippen LogP contribution < -0.4 is 5.32 Å². The number of thiazole rings is 1. The van der Waals surface area contributed by atoms with Crippen molar-refractivity contribution < 1.29 is 4.79 Å². The number of carbonyl (C=O) groups is 1. The molecule has 28 heavy (non-hydrogen) atoms. The molecule has 2 heterocycles. The third kappa shape index (κ3) is 4.15. The van der Waals surface area contributed by atoms with Crippen LogP contribution in [0.5, 0.6) is 0 Å². The van der Waals surface area contributed by atoms with E-state index in [1.54, 1.807) is 17.5 Å². The summed E-state index contributed by atoms with van der Waals surface area (Å²) in [5.74, 6) is 0.459. The lowest BCUT2D eigenvalue weighted by atomic mass is 10.1. The van der Waals surface area contributed by atoms with E-state index in [1.165, 1.54) is 5.56 Å². The van der Waals surface area contributed by atoms with Gasteiger partial charge in [0.2, 0.25) is 5.91 Å². The second-order valence-electron chi connectivity index (χ2n) is 6.54. The summed E-state index contributed by atoms with van der Waals surface area (Å²) in [6.07, 6.45) is 2.04. The summed E-state index contributed by atoms with van der Waals surface area (Å²) >= 11 is 1.58. The SMILES string of the molecule is Cc1cccc(-c2ncsc2-c2ccnc(NC(=O)Cc3ccccc3)c2)c1. The third-order valence-electron chi connectivity index (χ3n) is 4.36. The molecular formula is C23H19N3OS. The summed E-state index contributed by atoms with van der Waals surface area (Å²) in [5.41, 5.74) is 7.04. The van der Waals surface area contributed by atoms with Gasteiger partial charge in [-0.1, -0.05) is 54.1 Å². The highest BCUT2D eigenvalue weighted by Crippen LogP contribution is 2.35. The van der Waals surface area contributed by atoms with Gasteiger partial charge >= 0.3 is 0 Å². The van der Waals surface area contributed by atoms with Crippen molar-refractivity contribution in [2.75, 3.05) is 5.32 Å². The molecule has 0 saturated heterocycles. The number of benzene rings is 2. The Bertz CT molecular complexity index is 1110. The first-order valence-corrected chi connectivity index (χ1v) is 9.88. The first-order chi connectivity index (χ1) is 13.7. The average molecular weight is 385 g/mol. The van der Waals surface area contributed by atoms with Gasteiger partial charge in [0, 0.05) is 11.8 Å². The molecule has 1 N–H and O–H groups in total. The number of nitrogens with one attached hydrogen (secondary N) is 1. The molecular weight excluding hydrogens is 366 g/mol. The highest BCUT2D eigenvalue weighted by atomic mass is 32.1. The van der Waals surface area contributed by atoms with E-state index in [9.17, 15) is 4.79 Å². The molecule has 5 heteroatoms. The first kappa shape index (κ1) is 18.1. The topological polar surface area (TPSA) is 54.9 Å². The van der Waals surface area contributed by atoms with Crippen molar-refractivity contribution in [3.8, 4) is 21.7 Å². The fourth-order valence-electron chi connectivity index (χ4n) is 3.06. The Balaban J connectivity index is 1.57. The molecule has 0 aliphatic rings. The number of aromatic nitrogens is 2. The zero-order valence-corrected chi connectivity index (χ0v) is 16.2. The fourth-order valence-corrected chi connectivity index (χ4v) is 3.87. The summed E-state index contributed by atoms with van der Waals surface area (Å²) in [6.45, 7) is 2.07. The van der Waals surface area contributed by atoms with Crippen LogP contribution in [0.3, 0.4) is 0 Å². The van der Waals surface area contributed by atoms with E-state index in [1.807, 2.05) is 54.0 Å². The molecule has 0 bridgehead atoms. The number of hydrogen-bond acceptors (Lipinski definition) is 4. The number of hydrogen-bond donors (Lipinski definition) is 1. The number of rotatable bonds is 5. The number of pyridine rings is 1. The smallest absolute Gasteiger partial charge is 0.229 e. The van der Waals surface area contributed by atoms with Crippen LogP contribution in [0.4, 0.5) is 5.82 Å². The van der Waals surface area contributed by atoms with Crippen LogP contribution in [-0.4, -0.2) is 15.9 Å². The van der Waals surface area contributed by atoms with Crippen molar-refractivity contribution in [3.63, 3.8) is 0 Å². The highest BCUT2D eigenvalue weighted by molar-refractivity contribution is 7.13. The molecule has 0 saturated carbocycles. The van der Waals surface area contributed by atoms with E-state index in [2.05, 4.69) is 40.4 Å². The van der Waals surface area contributed by atoms with Crippen molar-refractivity contribution in [2.24, 2.45) is 0 Å². The van der Waals surface area contributed by atoms with Gasteiger partial charge in [0.15, 0.2) is 0 Å². The summed E-state index contributed by atoms with van der Waals surface area (Å²) in [6, 6.07) is 21.8. The molecule has 0 aliphatic carbocycles. The van der Waals surface area contributed by atoms with E-state index < -0.39 is 0 Å². The van der Waals surface area contributed by atoms with Crippen molar-refractivity contribution >= 4 is 23.1 Å². The largest absolute Gasteiger partial charge is 0.310 e. The van der Waals surface area contributed by atoms with Gasteiger partial charge < -0.3 is 5.32 Å². The lowest BCUT2D eigenvalue weighted by molar-refractivity contribution is -0.115. The Morgan fingerprint density at radius 2 is 1.82 bits per heavy atom. The monoisotopic (exact) mass is 385 g/mol. The number of anilines is 1. The van der Waals surface area contributed by atoms with Crippen LogP contribution >= 0.6 is 11.3 Å². The minimum atomic E-state index is -0.0842. The molecule has 4 nitrogen and oxygen atoms in total. The summed E-state index contributed by atoms with van der Waals surface area (Å²) in [7, 11) is 0. The zero-order valence-electron chi connectivity index (χ0n) is 15.4. The molecule has 2 aromatic heterocycles. The molecule has 4 rings (SSSR count). The molecule has 138 valence electrons. The van der Waals surface area contributed by atoms with Gasteiger partial charge in [0.1, 0.15) is 5.82 Å². The fraction of sp³-hybridized carbons (Fsp3) is 0.0870. The predicted octanol–water partition coefficient (Wildman–Crippen LogP) is 5.36. The first-order valence-electron chi connectivity index (χ1n) is 9.00. The number of nitrogens with zero attached hydrogens (tertiary/aromatic N) is 2. The molecule has 0 atom stereocenters. The second-order valence-corrected chi connectivity index (χ2v) is 7.39. The van der Waals surface area contributed by atoms with Gasteiger partial charge in [-0.3, -0.25) is 4.79 Å². The standard InChI is InChI=1S/C23H19N3OS/c1-16-6-5-9-18(12-16)22-23(28-15-25-22)19-10-11-24-20(14-19)26-21(27)13-17-7-3-2-4-8-17/h2-12,14-15H,13H2,1H3,(H,24,26,27). The molecule has 0 aliphatic heterocycles. The maximum atomic E-state index is 12.3. The van der Waals surface area contributed by atoms with Gasteiger partial charge in [-0.05, 0) is 36.2 Å². The van der Waals surface area contributed by atoms with Gasteiger partial charge in [-0.15, -0.1) is 11.3 Å². The Morgan fingerprint density at radius 3 is 2.64 bits per heavy atom. The van der Waals surface area contributed by atoms with Gasteiger partial charge in [0.25, 0.3) is 0 Å². The highest BCUT2D eigenvalue weighted by Gasteiger charge is 2.13. The normalized spacial score (nSPS) is 10.6. The molecule has 0 spiro atoms. The third-order valence-corrected chi connectivity index (χ3v) is 5.23. The summed E-state index contributed by atoms with van der Waals surface area (Å²) in [4.78, 5) is 22.3. The predicted molar refractivity (Wildman–Crippen MR) is 114 cm³/mol. The summed E-state index contributed by atoms with van der Waals surface area (Å²) < 4.78 is 0. The molecule has 4 aromatic rings. The quantitative estimate of drug-likeness (QED) is 0.503. The van der Waals surface area contributed by atoms with E-state index in [0.717, 1.165) is 27.3 Å². The van der Waals surface area contributed by atoms with Crippen molar-refractivity contribution in [1.29, 1.82) is 0 Å². The van der Waals surface area contributed by atoms with Gasteiger partial charge in [-0.2, -0.15) is 0 Å². The Labute approximate surface area is 167 Å². The van der Waals surface area contributed by atoms with Crippen LogP contribution in [-0.2, 0) is 11.2 Å². The van der Waals surface area contributed by atoms with E-state index in [0.29, 0.717) is 12.2 Å². The number of aryl methyl sites for hydroxylation is 1. The maximum absolute atomic E-state index is 12.3. The van der Waals surface area contributed by atoms with Crippen molar-refractivity contribution in [3.05, 3.63) is 89.6 Å². The minimum Gasteiger partial charge on any atom is -0.310 e. The van der Waals surface area contributed by atoms with Gasteiger partial charge in [-0.25, -0.2) is 9.97 Å². The molecule has 0 fully saturated rings. The van der Waals surface area contributed by atoms with Gasteiger partial charge in [0.05, 0.1) is 22.5 Å². The average Bonchev–Trinajstić information content (AvgIpc) is 3.19. The van der Waals surface area contributed by atoms with E-state index in [4.69, 9.17) is 0 Å². The molecule has 1 amide bonds. The maximum Gasteiger partial charge on any atom is 0.229 e. The Hall–Kier alpha value is -3.31. The Morgan fingerprint density at radius 1 is 0.964 bits per heavy atom. The number of amides is 1. The van der Waals surface area contributed by atoms with Crippen LogP contribution in [0, 0.1) is 6.92 Å². The van der Waals surface area contributed by atoms with E-state index in [-0.39, 0.29) is 5.91 Å². The lowest BCUT2D eigenvalue weighted by Gasteiger charge is -2.08.